The number of thiophene rings is 1. The third kappa shape index (κ3) is 6.39. The number of H-pyrrole nitrogens is 2. The summed E-state index contributed by atoms with van der Waals surface area (Å²) in [5, 5.41) is 2.17. The van der Waals surface area contributed by atoms with Gasteiger partial charge in [-0.2, -0.15) is 4.31 Å². The summed E-state index contributed by atoms with van der Waals surface area (Å²) < 4.78 is 28.6. The Morgan fingerprint density at radius 2 is 1.40 bits per heavy atom. The van der Waals surface area contributed by atoms with Gasteiger partial charge in [-0.25, -0.2) is 18.4 Å². The van der Waals surface area contributed by atoms with Gasteiger partial charge in [0.1, 0.15) is 11.6 Å². The van der Waals surface area contributed by atoms with E-state index in [-0.39, 0.29) is 18.0 Å². The van der Waals surface area contributed by atoms with Crippen LogP contribution in [0.1, 0.15) is 47.8 Å². The van der Waals surface area contributed by atoms with Crippen LogP contribution in [0.2, 0.25) is 0 Å². The lowest BCUT2D eigenvalue weighted by Crippen LogP contribution is -2.46. The number of imidazole rings is 2. The smallest absolute Gasteiger partial charge is 0.243 e. The van der Waals surface area contributed by atoms with Gasteiger partial charge in [-0.05, 0) is 86.4 Å². The van der Waals surface area contributed by atoms with Gasteiger partial charge in [-0.15, -0.1) is 11.3 Å². The molecule has 0 saturated carbocycles. The van der Waals surface area contributed by atoms with Crippen LogP contribution in [0.25, 0.3) is 0 Å². The van der Waals surface area contributed by atoms with E-state index in [9.17, 15) is 8.42 Å². The number of aromatic amines is 2. The predicted molar refractivity (Wildman–Crippen MR) is 156 cm³/mol. The number of nitrogens with zero attached hydrogens (tertiary/aromatic N) is 5. The third-order valence-corrected chi connectivity index (χ3v) is 11.2. The number of hydrogen-bond donors (Lipinski definition) is 2. The van der Waals surface area contributed by atoms with Crippen molar-refractivity contribution < 1.29 is 8.42 Å². The monoisotopic (exact) mass is 579 g/mol. The van der Waals surface area contributed by atoms with Crippen molar-refractivity contribution in [3.8, 4) is 0 Å². The average molecular weight is 580 g/mol. The van der Waals surface area contributed by atoms with Crippen LogP contribution in [0.5, 0.6) is 0 Å². The second-order valence-electron chi connectivity index (χ2n) is 11.1. The van der Waals surface area contributed by atoms with Crippen LogP contribution in [-0.4, -0.2) is 68.6 Å². The summed E-state index contributed by atoms with van der Waals surface area (Å²) >= 11 is 1.86. The zero-order valence-corrected chi connectivity index (χ0v) is 24.3. The molecule has 0 amide bonds. The van der Waals surface area contributed by atoms with Crippen LogP contribution in [0.3, 0.4) is 0 Å². The topological polar surface area (TPSA) is 101 Å². The summed E-state index contributed by atoms with van der Waals surface area (Å²) in [5.41, 5.74) is 1.63. The van der Waals surface area contributed by atoms with E-state index >= 15 is 0 Å². The lowest BCUT2D eigenvalue weighted by Gasteiger charge is -2.47. The van der Waals surface area contributed by atoms with Gasteiger partial charge < -0.3 is 9.97 Å². The first-order valence-corrected chi connectivity index (χ1v) is 16.3. The molecule has 2 aliphatic heterocycles. The molecule has 2 N–H and O–H groups in total. The Balaban J connectivity index is 1.04. The van der Waals surface area contributed by atoms with Crippen molar-refractivity contribution in [1.82, 2.24) is 34.0 Å². The first-order chi connectivity index (χ1) is 19.5. The molecule has 0 radical (unpaired) electrons. The molecule has 2 fully saturated rings. The predicted octanol–water partition coefficient (Wildman–Crippen LogP) is 4.46. The van der Waals surface area contributed by atoms with Crippen molar-refractivity contribution in [3.63, 3.8) is 0 Å². The fourth-order valence-electron chi connectivity index (χ4n) is 6.00. The molecule has 11 heteroatoms. The van der Waals surface area contributed by atoms with Gasteiger partial charge in [0.2, 0.25) is 10.0 Å². The maximum absolute atomic E-state index is 13.6. The summed E-state index contributed by atoms with van der Waals surface area (Å²) in [5.74, 6) is 1.17. The van der Waals surface area contributed by atoms with E-state index < -0.39 is 10.0 Å². The Kier molecular flexibility index (Phi) is 8.17. The summed E-state index contributed by atoms with van der Waals surface area (Å²) in [6, 6.07) is 11.8. The molecule has 9 nitrogen and oxygen atoms in total. The van der Waals surface area contributed by atoms with Crippen LogP contribution in [0, 0.1) is 5.41 Å². The molecule has 1 aromatic carbocycles. The number of rotatable bonds is 10. The molecule has 212 valence electrons. The fraction of sp³-hybridized carbons (Fsp3) is 0.448. The number of sulfonamides is 1. The van der Waals surface area contributed by atoms with E-state index in [1.54, 1.807) is 36.9 Å². The Morgan fingerprint density at radius 3 is 1.90 bits per heavy atom. The number of nitrogens with one attached hydrogen (secondary N) is 2. The molecule has 0 atom stereocenters. The number of likely N-dealkylation sites (tertiary alicyclic amines) is 2. The Bertz CT molecular complexity index is 1380. The highest BCUT2D eigenvalue weighted by Crippen LogP contribution is 2.41. The van der Waals surface area contributed by atoms with Crippen molar-refractivity contribution in [2.24, 2.45) is 5.41 Å². The minimum absolute atomic E-state index is 0.138. The highest BCUT2D eigenvalue weighted by atomic mass is 32.2. The van der Waals surface area contributed by atoms with Crippen molar-refractivity contribution in [2.75, 3.05) is 26.2 Å². The van der Waals surface area contributed by atoms with Crippen LogP contribution >= 0.6 is 11.3 Å². The first-order valence-electron chi connectivity index (χ1n) is 14.0. The molecule has 40 heavy (non-hydrogen) atoms. The van der Waals surface area contributed by atoms with E-state index in [4.69, 9.17) is 0 Å². The van der Waals surface area contributed by atoms with Crippen molar-refractivity contribution in [1.29, 1.82) is 0 Å². The van der Waals surface area contributed by atoms with Crippen LogP contribution in [-0.2, 0) is 36.2 Å². The van der Waals surface area contributed by atoms with Gasteiger partial charge in [-0.1, -0.05) is 18.2 Å². The summed E-state index contributed by atoms with van der Waals surface area (Å²) in [6.07, 6.45) is 11.7. The molecule has 6 rings (SSSR count). The van der Waals surface area contributed by atoms with Gasteiger partial charge in [0.05, 0.1) is 18.0 Å². The second-order valence-corrected chi connectivity index (χ2v) is 14.1. The summed E-state index contributed by atoms with van der Waals surface area (Å²) in [7, 11) is -3.75. The van der Waals surface area contributed by atoms with Gasteiger partial charge in [0.25, 0.3) is 0 Å². The van der Waals surface area contributed by atoms with E-state index in [1.807, 2.05) is 23.5 Å². The minimum Gasteiger partial charge on any atom is -0.347 e. The second kappa shape index (κ2) is 12.0. The molecule has 5 heterocycles. The normalized spacial score (nSPS) is 18.5. The number of hydrogen-bond acceptors (Lipinski definition) is 7. The minimum atomic E-state index is -3.75. The van der Waals surface area contributed by atoms with Crippen molar-refractivity contribution in [3.05, 3.63) is 88.7 Å². The zero-order chi connectivity index (χ0) is 27.4. The molecule has 2 saturated heterocycles. The molecule has 3 aromatic heterocycles. The maximum Gasteiger partial charge on any atom is 0.243 e. The highest BCUT2D eigenvalue weighted by molar-refractivity contribution is 7.89. The molecular formula is C29H37N7O2S2. The molecule has 1 spiro atoms. The standard InChI is InChI=1S/C29H37N7O2S2/c37-40(38,36(22-27-30-11-12-31-27)23-28-32-13-14-33-28)26-5-3-24(4-6-26)20-34-15-7-29(8-16-34)9-17-35(18-10-29)21-25-2-1-19-39-25/h1-6,11-14,19H,7-10,15-18,20-23H2,(H,30,31)(H,32,33). The largest absolute Gasteiger partial charge is 0.347 e. The molecule has 0 bridgehead atoms. The van der Waals surface area contributed by atoms with Crippen LogP contribution in [0.4, 0.5) is 0 Å². The lowest BCUT2D eigenvalue weighted by molar-refractivity contribution is 0.0303. The van der Waals surface area contributed by atoms with Gasteiger partial charge >= 0.3 is 0 Å². The van der Waals surface area contributed by atoms with Crippen LogP contribution < -0.4 is 0 Å². The quantitative estimate of drug-likeness (QED) is 0.288. The number of piperidine rings is 2. The molecule has 0 aliphatic carbocycles. The van der Waals surface area contributed by atoms with Crippen molar-refractivity contribution >= 4 is 21.4 Å². The number of aromatic nitrogens is 4. The molecule has 4 aromatic rings. The zero-order valence-electron chi connectivity index (χ0n) is 22.7. The fourth-order valence-corrected chi connectivity index (χ4v) is 8.11. The molecule has 0 unspecified atom stereocenters. The van der Waals surface area contributed by atoms with Gasteiger partial charge in [-0.3, -0.25) is 9.80 Å². The number of benzene rings is 1. The van der Waals surface area contributed by atoms with Crippen LogP contribution in [0.15, 0.2) is 71.5 Å². The Morgan fingerprint density at radius 1 is 0.825 bits per heavy atom. The van der Waals surface area contributed by atoms with Gasteiger partial charge in [0.15, 0.2) is 0 Å². The van der Waals surface area contributed by atoms with E-state index in [0.29, 0.717) is 17.1 Å². The third-order valence-electron chi connectivity index (χ3n) is 8.52. The summed E-state index contributed by atoms with van der Waals surface area (Å²) in [4.78, 5) is 21.3. The van der Waals surface area contributed by atoms with E-state index in [2.05, 4.69) is 47.2 Å². The Hall–Kier alpha value is -2.83. The highest BCUT2D eigenvalue weighted by Gasteiger charge is 2.37. The SMILES string of the molecule is O=S(=O)(c1ccc(CN2CCC3(CC2)CCN(Cc2cccs2)CC3)cc1)N(Cc1ncc[nH]1)Cc1ncc[nH]1. The molecular weight excluding hydrogens is 543 g/mol. The van der Waals surface area contributed by atoms with Crippen molar-refractivity contribution in [2.45, 2.75) is 56.8 Å². The van der Waals surface area contributed by atoms with Gasteiger partial charge in [0, 0.05) is 42.8 Å². The lowest BCUT2D eigenvalue weighted by atomic mass is 9.71. The Labute approximate surface area is 240 Å². The average Bonchev–Trinajstić information content (AvgIpc) is 3.77. The van der Waals surface area contributed by atoms with E-state index in [1.165, 1.54) is 48.0 Å². The molecule has 2 aliphatic rings. The van der Waals surface area contributed by atoms with E-state index in [0.717, 1.165) is 31.7 Å². The summed E-state index contributed by atoms with van der Waals surface area (Å²) in [6.45, 7) is 6.82. The maximum atomic E-state index is 13.6. The first kappa shape index (κ1) is 27.3.